The molecule has 5 nitrogen and oxygen atoms in total. The third kappa shape index (κ3) is 2.32. The second-order valence-electron chi connectivity index (χ2n) is 2.46. The van der Waals surface area contributed by atoms with E-state index >= 15 is 0 Å². The van der Waals surface area contributed by atoms with Crippen LogP contribution in [0.3, 0.4) is 0 Å². The monoisotopic (exact) mass is 280 g/mol. The van der Waals surface area contributed by atoms with Gasteiger partial charge in [-0.05, 0) is 16.0 Å². The second kappa shape index (κ2) is 4.39. The van der Waals surface area contributed by atoms with Gasteiger partial charge in [-0.1, -0.05) is 0 Å². The van der Waals surface area contributed by atoms with Crippen molar-refractivity contribution in [3.8, 4) is 0 Å². The molecule has 0 aliphatic heterocycles. The average Bonchev–Trinajstić information content (AvgIpc) is 2.16. The Labute approximate surface area is 90.4 Å². The highest BCUT2D eigenvalue weighted by Gasteiger charge is 2.24. The van der Waals surface area contributed by atoms with Crippen LogP contribution in [0.1, 0.15) is 22.3 Å². The van der Waals surface area contributed by atoms with Gasteiger partial charge in [0.15, 0.2) is 6.29 Å². The summed E-state index contributed by atoms with van der Waals surface area (Å²) in [4.78, 5) is 23.2. The van der Waals surface area contributed by atoms with Crippen molar-refractivity contribution in [1.29, 1.82) is 0 Å². The molecule has 1 aromatic rings. The molecule has 0 spiro atoms. The fourth-order valence-corrected chi connectivity index (χ4v) is 1.36. The van der Waals surface area contributed by atoms with Gasteiger partial charge in [-0.2, -0.15) is 0 Å². The Morgan fingerprint density at radius 3 is 2.60 bits per heavy atom. The maximum atomic E-state index is 12.3. The highest BCUT2D eigenvalue weighted by Crippen LogP contribution is 2.29. The summed E-state index contributed by atoms with van der Waals surface area (Å²) in [5.74, 6) is -0.749. The van der Waals surface area contributed by atoms with E-state index in [0.29, 0.717) is 0 Å². The van der Waals surface area contributed by atoms with E-state index in [4.69, 9.17) is 0 Å². The lowest BCUT2D eigenvalue weighted by Crippen LogP contribution is -2.01. The number of carbonyl (C=O) groups is 1. The van der Waals surface area contributed by atoms with Crippen LogP contribution in [0.4, 0.5) is 14.6 Å². The predicted octanol–water partition coefficient (Wildman–Crippen LogP) is 2.50. The minimum atomic E-state index is -2.86. The number of nitrogens with zero attached hydrogens (tertiary/aromatic N) is 2. The molecule has 15 heavy (non-hydrogen) atoms. The van der Waals surface area contributed by atoms with Crippen LogP contribution in [0.25, 0.3) is 0 Å². The van der Waals surface area contributed by atoms with E-state index in [1.807, 2.05) is 0 Å². The van der Waals surface area contributed by atoms with Gasteiger partial charge in [-0.25, -0.2) is 8.78 Å². The molecule has 1 aromatic heterocycles. The Bertz CT molecular complexity index is 425. The highest BCUT2D eigenvalue weighted by atomic mass is 79.9. The van der Waals surface area contributed by atoms with Gasteiger partial charge >= 0.3 is 5.82 Å². The second-order valence-corrected chi connectivity index (χ2v) is 3.21. The van der Waals surface area contributed by atoms with Crippen LogP contribution in [0.15, 0.2) is 10.7 Å². The molecular weight excluding hydrogens is 278 g/mol. The van der Waals surface area contributed by atoms with E-state index in [1.165, 1.54) is 0 Å². The summed E-state index contributed by atoms with van der Waals surface area (Å²) in [6.45, 7) is 0. The molecule has 0 aromatic carbocycles. The summed E-state index contributed by atoms with van der Waals surface area (Å²) < 4.78 is 24.3. The summed E-state index contributed by atoms with van der Waals surface area (Å²) in [7, 11) is 0. The van der Waals surface area contributed by atoms with Gasteiger partial charge in [0.05, 0.1) is 5.56 Å². The Hall–Kier alpha value is -1.44. The van der Waals surface area contributed by atoms with Gasteiger partial charge < -0.3 is 10.1 Å². The van der Waals surface area contributed by atoms with E-state index in [0.717, 1.165) is 6.07 Å². The lowest BCUT2D eigenvalue weighted by Gasteiger charge is -2.01. The minimum absolute atomic E-state index is 0.115. The zero-order chi connectivity index (χ0) is 11.6. The Balaban J connectivity index is 3.42. The molecule has 0 bridgehead atoms. The molecule has 0 saturated carbocycles. The van der Waals surface area contributed by atoms with E-state index in [1.54, 1.807) is 0 Å². The fraction of sp³-hybridized carbons (Fsp3) is 0.143. The molecule has 0 radical (unpaired) electrons. The molecule has 0 saturated heterocycles. The normalized spacial score (nSPS) is 10.4. The topological polar surface area (TPSA) is 73.1 Å². The first kappa shape index (κ1) is 11.6. The SMILES string of the molecule is O=Cc1cc(C(F)F)c(Br)nc1[N+](=O)[O-]. The number of pyridine rings is 1. The van der Waals surface area contributed by atoms with Crippen LogP contribution in [0.5, 0.6) is 0 Å². The summed E-state index contributed by atoms with van der Waals surface area (Å²) in [5.41, 5.74) is -1.03. The van der Waals surface area contributed by atoms with Gasteiger partial charge in [0.1, 0.15) is 5.56 Å². The molecule has 0 aliphatic carbocycles. The minimum Gasteiger partial charge on any atom is -0.358 e. The Morgan fingerprint density at radius 1 is 1.60 bits per heavy atom. The van der Waals surface area contributed by atoms with Crippen LogP contribution in [-0.2, 0) is 0 Å². The summed E-state index contributed by atoms with van der Waals surface area (Å²) in [6.07, 6.45) is -2.74. The van der Waals surface area contributed by atoms with Crippen molar-refractivity contribution in [3.05, 3.63) is 31.9 Å². The molecule has 0 amide bonds. The van der Waals surface area contributed by atoms with E-state index < -0.39 is 28.3 Å². The molecule has 0 atom stereocenters. The van der Waals surface area contributed by atoms with Crippen LogP contribution in [0.2, 0.25) is 0 Å². The molecule has 0 N–H and O–H groups in total. The highest BCUT2D eigenvalue weighted by molar-refractivity contribution is 9.10. The zero-order valence-corrected chi connectivity index (χ0v) is 8.57. The van der Waals surface area contributed by atoms with Crippen molar-refractivity contribution in [2.45, 2.75) is 6.43 Å². The fourth-order valence-electron chi connectivity index (χ4n) is 0.900. The number of aromatic nitrogens is 1. The van der Waals surface area contributed by atoms with Crippen molar-refractivity contribution in [2.24, 2.45) is 0 Å². The van der Waals surface area contributed by atoms with Crippen molar-refractivity contribution in [3.63, 3.8) is 0 Å². The lowest BCUT2D eigenvalue weighted by atomic mass is 10.2. The van der Waals surface area contributed by atoms with E-state index in [-0.39, 0.29) is 10.9 Å². The number of alkyl halides is 2. The van der Waals surface area contributed by atoms with Crippen LogP contribution in [0, 0.1) is 10.1 Å². The zero-order valence-electron chi connectivity index (χ0n) is 6.99. The quantitative estimate of drug-likeness (QED) is 0.369. The molecular formula is C7H3BrF2N2O3. The van der Waals surface area contributed by atoms with Crippen LogP contribution in [-0.4, -0.2) is 16.2 Å². The molecule has 1 rings (SSSR count). The van der Waals surface area contributed by atoms with Crippen molar-refractivity contribution >= 4 is 28.0 Å². The van der Waals surface area contributed by atoms with E-state index in [2.05, 4.69) is 20.9 Å². The first-order valence-electron chi connectivity index (χ1n) is 3.55. The third-order valence-electron chi connectivity index (χ3n) is 1.55. The average molecular weight is 281 g/mol. The molecule has 8 heteroatoms. The van der Waals surface area contributed by atoms with E-state index in [9.17, 15) is 23.7 Å². The predicted molar refractivity (Wildman–Crippen MR) is 48.9 cm³/mol. The van der Waals surface area contributed by atoms with Crippen LogP contribution < -0.4 is 0 Å². The number of nitro groups is 1. The first-order valence-corrected chi connectivity index (χ1v) is 4.34. The summed E-state index contributed by atoms with van der Waals surface area (Å²) in [5, 5.41) is 10.4. The Kier molecular flexibility index (Phi) is 3.40. The molecule has 80 valence electrons. The van der Waals surface area contributed by atoms with Crippen LogP contribution >= 0.6 is 15.9 Å². The molecule has 0 unspecified atom stereocenters. The number of halogens is 3. The summed E-state index contributed by atoms with van der Waals surface area (Å²) >= 11 is 2.67. The number of hydrogen-bond acceptors (Lipinski definition) is 4. The van der Waals surface area contributed by atoms with Gasteiger partial charge in [-0.15, -0.1) is 0 Å². The summed E-state index contributed by atoms with van der Waals surface area (Å²) in [6, 6.07) is 0.743. The largest absolute Gasteiger partial charge is 0.375 e. The number of hydrogen-bond donors (Lipinski definition) is 0. The van der Waals surface area contributed by atoms with Gasteiger partial charge in [-0.3, -0.25) is 4.79 Å². The van der Waals surface area contributed by atoms with Gasteiger partial charge in [0.2, 0.25) is 4.60 Å². The van der Waals surface area contributed by atoms with Crippen molar-refractivity contribution < 1.29 is 18.5 Å². The smallest absolute Gasteiger partial charge is 0.358 e. The third-order valence-corrected chi connectivity index (χ3v) is 2.18. The molecule has 1 heterocycles. The molecule has 0 aliphatic rings. The number of aldehydes is 1. The Morgan fingerprint density at radius 2 is 2.20 bits per heavy atom. The lowest BCUT2D eigenvalue weighted by molar-refractivity contribution is -0.389. The van der Waals surface area contributed by atoms with Gasteiger partial charge in [0.25, 0.3) is 6.43 Å². The van der Waals surface area contributed by atoms with Gasteiger partial charge in [0, 0.05) is 15.9 Å². The van der Waals surface area contributed by atoms with Crippen molar-refractivity contribution in [1.82, 2.24) is 4.98 Å². The maximum absolute atomic E-state index is 12.3. The maximum Gasteiger partial charge on any atom is 0.375 e. The first-order chi connectivity index (χ1) is 6.97. The molecule has 0 fully saturated rings. The number of rotatable bonds is 3. The van der Waals surface area contributed by atoms with Crippen molar-refractivity contribution in [2.75, 3.05) is 0 Å². The standard InChI is InChI=1S/C7H3BrF2N2O3/c8-5-4(6(9)10)1-3(2-13)7(11-5)12(14)15/h1-2,6H. The number of carbonyl (C=O) groups excluding carboxylic acids is 1.